The Morgan fingerprint density at radius 3 is 2.71 bits per heavy atom. The van der Waals surface area contributed by atoms with E-state index >= 15 is 0 Å². The summed E-state index contributed by atoms with van der Waals surface area (Å²) in [6.45, 7) is 5.85. The van der Waals surface area contributed by atoms with Crippen molar-refractivity contribution in [3.63, 3.8) is 0 Å². The normalized spacial score (nSPS) is 13.5. The number of rotatable bonds is 8. The van der Waals surface area contributed by atoms with Crippen LogP contribution in [0, 0.1) is 0 Å². The molecule has 0 spiro atoms. The second kappa shape index (κ2) is 8.89. The number of hydrogen-bond acceptors (Lipinski definition) is 5. The number of urea groups is 1. The molecule has 3 N–H and O–H groups in total. The van der Waals surface area contributed by atoms with E-state index in [2.05, 4.69) is 22.5 Å². The molecule has 0 aromatic carbocycles. The van der Waals surface area contributed by atoms with Crippen LogP contribution < -0.4 is 10.6 Å². The summed E-state index contributed by atoms with van der Waals surface area (Å²) in [6.07, 6.45) is 0.917. The zero-order valence-corrected chi connectivity index (χ0v) is 14.0. The lowest BCUT2D eigenvalue weighted by atomic mass is 10.2. The summed E-state index contributed by atoms with van der Waals surface area (Å²) in [4.78, 5) is 26.6. The summed E-state index contributed by atoms with van der Waals surface area (Å²) in [5, 5.41) is 16.5. The van der Waals surface area contributed by atoms with Crippen molar-refractivity contribution in [3.05, 3.63) is 16.1 Å². The van der Waals surface area contributed by atoms with E-state index in [0.29, 0.717) is 5.01 Å². The molecular weight excluding hydrogens is 310 g/mol. The molecule has 1 heterocycles. The van der Waals surface area contributed by atoms with E-state index in [1.54, 1.807) is 6.92 Å². The number of amides is 2. The maximum atomic E-state index is 11.8. The van der Waals surface area contributed by atoms with Crippen molar-refractivity contribution >= 4 is 35.1 Å². The van der Waals surface area contributed by atoms with Crippen LogP contribution >= 0.6 is 23.1 Å². The fourth-order valence-corrected chi connectivity index (χ4v) is 3.19. The van der Waals surface area contributed by atoms with Crippen LogP contribution in [0.2, 0.25) is 0 Å². The largest absolute Gasteiger partial charge is 0.476 e. The van der Waals surface area contributed by atoms with Crippen molar-refractivity contribution in [3.8, 4) is 0 Å². The fraction of sp³-hybridized carbons (Fsp3) is 0.615. The maximum absolute atomic E-state index is 11.8. The van der Waals surface area contributed by atoms with Crippen LogP contribution in [0.15, 0.2) is 5.38 Å². The Morgan fingerprint density at radius 1 is 1.43 bits per heavy atom. The van der Waals surface area contributed by atoms with E-state index in [-0.39, 0.29) is 23.8 Å². The molecule has 8 heteroatoms. The van der Waals surface area contributed by atoms with Gasteiger partial charge in [0.1, 0.15) is 5.01 Å². The van der Waals surface area contributed by atoms with E-state index in [0.717, 1.165) is 17.9 Å². The van der Waals surface area contributed by atoms with Crippen LogP contribution in [0.1, 0.15) is 48.7 Å². The van der Waals surface area contributed by atoms with E-state index in [4.69, 9.17) is 5.11 Å². The Hall–Kier alpha value is -1.28. The van der Waals surface area contributed by atoms with Crippen LogP contribution in [0.3, 0.4) is 0 Å². The van der Waals surface area contributed by atoms with Gasteiger partial charge in [-0.1, -0.05) is 6.92 Å². The third-order valence-electron chi connectivity index (χ3n) is 2.74. The summed E-state index contributed by atoms with van der Waals surface area (Å²) in [7, 11) is 0. The number of hydrogen-bond donors (Lipinski definition) is 3. The maximum Gasteiger partial charge on any atom is 0.355 e. The first-order chi connectivity index (χ1) is 9.93. The van der Waals surface area contributed by atoms with Crippen molar-refractivity contribution in [1.82, 2.24) is 15.6 Å². The van der Waals surface area contributed by atoms with Crippen LogP contribution in [0.25, 0.3) is 0 Å². The van der Waals surface area contributed by atoms with Gasteiger partial charge >= 0.3 is 12.0 Å². The van der Waals surface area contributed by atoms with Crippen LogP contribution in [0.4, 0.5) is 4.79 Å². The minimum atomic E-state index is -1.06. The minimum Gasteiger partial charge on any atom is -0.476 e. The standard InChI is InChI=1S/C13H21N3O3S2/c1-4-20-6-5-8(2)14-13(19)15-9(3)11-16-10(7-21-11)12(17)18/h7-9H,4-6H2,1-3H3,(H,17,18)(H2,14,15,19). The fourth-order valence-electron chi connectivity index (χ4n) is 1.59. The van der Waals surface area contributed by atoms with Crippen molar-refractivity contribution in [1.29, 1.82) is 0 Å². The van der Waals surface area contributed by atoms with E-state index in [9.17, 15) is 9.59 Å². The molecule has 1 aromatic rings. The van der Waals surface area contributed by atoms with Gasteiger partial charge in [0.2, 0.25) is 0 Å². The molecule has 1 aromatic heterocycles. The molecule has 0 bridgehead atoms. The lowest BCUT2D eigenvalue weighted by Gasteiger charge is -2.16. The first-order valence-corrected chi connectivity index (χ1v) is 8.81. The number of carboxylic acid groups (broad SMARTS) is 1. The molecule has 0 aliphatic carbocycles. The average molecular weight is 331 g/mol. The third kappa shape index (κ3) is 6.34. The third-order valence-corrected chi connectivity index (χ3v) is 4.70. The van der Waals surface area contributed by atoms with Crippen molar-refractivity contribution in [2.75, 3.05) is 11.5 Å². The predicted octanol–water partition coefficient (Wildman–Crippen LogP) is 2.73. The quantitative estimate of drug-likeness (QED) is 0.637. The predicted molar refractivity (Wildman–Crippen MR) is 86.2 cm³/mol. The van der Waals surface area contributed by atoms with Gasteiger partial charge < -0.3 is 15.7 Å². The molecule has 0 fully saturated rings. The lowest BCUT2D eigenvalue weighted by molar-refractivity contribution is 0.0691. The number of nitrogens with zero attached hydrogens (tertiary/aromatic N) is 1. The van der Waals surface area contributed by atoms with Gasteiger partial charge in [0.15, 0.2) is 5.69 Å². The Bertz CT molecular complexity index is 479. The number of thiazole rings is 1. The number of carbonyl (C=O) groups excluding carboxylic acids is 1. The number of carboxylic acids is 1. The molecule has 1 rings (SSSR count). The molecule has 118 valence electrons. The second-order valence-electron chi connectivity index (χ2n) is 4.60. The number of nitrogens with one attached hydrogen (secondary N) is 2. The van der Waals surface area contributed by atoms with Gasteiger partial charge in [0.25, 0.3) is 0 Å². The smallest absolute Gasteiger partial charge is 0.355 e. The monoisotopic (exact) mass is 331 g/mol. The number of thioether (sulfide) groups is 1. The highest BCUT2D eigenvalue weighted by atomic mass is 32.2. The molecule has 0 aliphatic heterocycles. The molecule has 6 nitrogen and oxygen atoms in total. The first-order valence-electron chi connectivity index (χ1n) is 6.77. The molecule has 2 atom stereocenters. The second-order valence-corrected chi connectivity index (χ2v) is 6.89. The molecule has 2 unspecified atom stereocenters. The number of aromatic nitrogens is 1. The summed E-state index contributed by atoms with van der Waals surface area (Å²) < 4.78 is 0. The Kier molecular flexibility index (Phi) is 7.52. The van der Waals surface area contributed by atoms with Gasteiger partial charge in [0.05, 0.1) is 6.04 Å². The van der Waals surface area contributed by atoms with Crippen molar-refractivity contribution in [2.24, 2.45) is 0 Å². The summed E-state index contributed by atoms with van der Waals surface area (Å²) >= 11 is 3.07. The summed E-state index contributed by atoms with van der Waals surface area (Å²) in [5.41, 5.74) is 0.00835. The molecular formula is C13H21N3O3S2. The van der Waals surface area contributed by atoms with E-state index in [1.165, 1.54) is 16.7 Å². The molecule has 0 radical (unpaired) electrons. The zero-order valence-electron chi connectivity index (χ0n) is 12.4. The van der Waals surface area contributed by atoms with Crippen LogP contribution in [0.5, 0.6) is 0 Å². The molecule has 2 amide bonds. The number of carbonyl (C=O) groups is 2. The minimum absolute atomic E-state index is 0.00835. The Morgan fingerprint density at radius 2 is 2.14 bits per heavy atom. The van der Waals surface area contributed by atoms with Crippen LogP contribution in [-0.2, 0) is 0 Å². The molecule has 0 saturated carbocycles. The van der Waals surface area contributed by atoms with Gasteiger partial charge in [-0.2, -0.15) is 11.8 Å². The Balaban J connectivity index is 2.40. The van der Waals surface area contributed by atoms with Crippen molar-refractivity contribution in [2.45, 2.75) is 39.3 Å². The van der Waals surface area contributed by atoms with Gasteiger partial charge in [-0.25, -0.2) is 14.6 Å². The highest BCUT2D eigenvalue weighted by Gasteiger charge is 2.16. The summed E-state index contributed by atoms with van der Waals surface area (Å²) in [6, 6.07) is -0.481. The SMILES string of the molecule is CCSCCC(C)NC(=O)NC(C)c1nc(C(=O)O)cs1. The molecule has 0 aliphatic rings. The van der Waals surface area contributed by atoms with Gasteiger partial charge in [0, 0.05) is 11.4 Å². The highest BCUT2D eigenvalue weighted by molar-refractivity contribution is 7.99. The zero-order chi connectivity index (χ0) is 15.8. The lowest BCUT2D eigenvalue weighted by Crippen LogP contribution is -2.42. The molecule has 21 heavy (non-hydrogen) atoms. The van der Waals surface area contributed by atoms with E-state index in [1.807, 2.05) is 18.7 Å². The molecule has 0 saturated heterocycles. The highest BCUT2D eigenvalue weighted by Crippen LogP contribution is 2.17. The Labute approximate surface area is 132 Å². The number of aromatic carboxylic acids is 1. The van der Waals surface area contributed by atoms with Gasteiger partial charge in [-0.15, -0.1) is 11.3 Å². The average Bonchev–Trinajstić information content (AvgIpc) is 2.88. The van der Waals surface area contributed by atoms with Gasteiger partial charge in [-0.05, 0) is 31.8 Å². The van der Waals surface area contributed by atoms with E-state index < -0.39 is 5.97 Å². The van der Waals surface area contributed by atoms with Crippen molar-refractivity contribution < 1.29 is 14.7 Å². The first kappa shape index (κ1) is 17.8. The summed E-state index contributed by atoms with van der Waals surface area (Å²) in [5.74, 6) is 1.03. The topological polar surface area (TPSA) is 91.3 Å². The van der Waals surface area contributed by atoms with Crippen LogP contribution in [-0.4, -0.2) is 39.6 Å². The van der Waals surface area contributed by atoms with Gasteiger partial charge in [-0.3, -0.25) is 0 Å².